The Bertz CT molecular complexity index is 187. The number of carboxylic acids is 1. The Morgan fingerprint density at radius 1 is 1.43 bits per heavy atom. The molecule has 82 valence electrons. The van der Waals surface area contributed by atoms with Crippen molar-refractivity contribution < 1.29 is 19.4 Å². The molecule has 0 aromatic rings. The van der Waals surface area contributed by atoms with E-state index in [1.165, 1.54) is 0 Å². The summed E-state index contributed by atoms with van der Waals surface area (Å²) in [6.45, 7) is 3.58. The van der Waals surface area contributed by atoms with Gasteiger partial charge in [-0.15, -0.1) is 0 Å². The molecule has 1 N–H and O–H groups in total. The molecule has 0 aromatic heterocycles. The molecule has 0 bridgehead atoms. The molecular formula is C10H18O4. The summed E-state index contributed by atoms with van der Waals surface area (Å²) in [6, 6.07) is 0. The first-order valence-corrected chi connectivity index (χ1v) is 4.71. The van der Waals surface area contributed by atoms with Crippen LogP contribution in [0.5, 0.6) is 0 Å². The van der Waals surface area contributed by atoms with Crippen molar-refractivity contribution in [2.24, 2.45) is 0 Å². The fraction of sp³-hybridized carbons (Fsp3) is 0.700. The number of hydrogen-bond acceptors (Lipinski definition) is 3. The van der Waals surface area contributed by atoms with Crippen molar-refractivity contribution in [3.8, 4) is 0 Å². The van der Waals surface area contributed by atoms with Crippen LogP contribution in [-0.4, -0.2) is 38.0 Å². The second kappa shape index (κ2) is 8.72. The fourth-order valence-electron chi connectivity index (χ4n) is 0.969. The Labute approximate surface area is 84.5 Å². The second-order valence-electron chi connectivity index (χ2n) is 2.76. The Morgan fingerprint density at radius 2 is 2.14 bits per heavy atom. The molecule has 0 heterocycles. The highest BCUT2D eigenvalue weighted by Gasteiger charge is 2.05. The van der Waals surface area contributed by atoms with Gasteiger partial charge in [-0.2, -0.15) is 0 Å². The van der Waals surface area contributed by atoms with Gasteiger partial charge >= 0.3 is 5.97 Å². The molecular weight excluding hydrogens is 184 g/mol. The highest BCUT2D eigenvalue weighted by Crippen LogP contribution is 2.03. The molecule has 0 rings (SSSR count). The van der Waals surface area contributed by atoms with Gasteiger partial charge in [-0.3, -0.25) is 0 Å². The monoisotopic (exact) mass is 202 g/mol. The van der Waals surface area contributed by atoms with Crippen LogP contribution >= 0.6 is 0 Å². The first kappa shape index (κ1) is 13.1. The summed E-state index contributed by atoms with van der Waals surface area (Å²) in [5, 5.41) is 8.79. The number of rotatable bonds is 8. The normalized spacial score (nSPS) is 11.7. The van der Waals surface area contributed by atoms with E-state index in [0.717, 1.165) is 0 Å². The minimum Gasteiger partial charge on any atom is -0.478 e. The van der Waals surface area contributed by atoms with Crippen LogP contribution in [0.3, 0.4) is 0 Å². The highest BCUT2D eigenvalue weighted by atomic mass is 16.5. The fourth-order valence-corrected chi connectivity index (χ4v) is 0.969. The number of carbonyl (C=O) groups is 1. The molecule has 14 heavy (non-hydrogen) atoms. The van der Waals surface area contributed by atoms with Gasteiger partial charge in [-0.25, -0.2) is 4.79 Å². The molecule has 4 nitrogen and oxygen atoms in total. The number of methoxy groups -OCH3 is 1. The maximum Gasteiger partial charge on any atom is 0.331 e. The maximum absolute atomic E-state index is 10.7. The van der Waals surface area contributed by atoms with Crippen molar-refractivity contribution in [2.75, 3.05) is 26.9 Å². The predicted molar refractivity (Wildman–Crippen MR) is 53.3 cm³/mol. The summed E-state index contributed by atoms with van der Waals surface area (Å²) in [5.41, 5.74) is 0.395. The molecule has 0 saturated heterocycles. The van der Waals surface area contributed by atoms with Crippen LogP contribution in [0.1, 0.15) is 19.8 Å². The molecule has 0 aromatic carbocycles. The van der Waals surface area contributed by atoms with Gasteiger partial charge in [0.2, 0.25) is 0 Å². The van der Waals surface area contributed by atoms with Gasteiger partial charge in [0.1, 0.15) is 0 Å². The van der Waals surface area contributed by atoms with Crippen molar-refractivity contribution in [1.82, 2.24) is 0 Å². The average molecular weight is 202 g/mol. The van der Waals surface area contributed by atoms with E-state index in [1.807, 2.05) is 6.92 Å². The van der Waals surface area contributed by atoms with E-state index in [9.17, 15) is 4.79 Å². The van der Waals surface area contributed by atoms with Crippen LogP contribution in [0.25, 0.3) is 0 Å². The zero-order valence-corrected chi connectivity index (χ0v) is 8.78. The van der Waals surface area contributed by atoms with Gasteiger partial charge in [0.05, 0.1) is 13.2 Å². The molecule has 4 heteroatoms. The quantitative estimate of drug-likeness (QED) is 0.478. The summed E-state index contributed by atoms with van der Waals surface area (Å²) in [6.07, 6.45) is 2.77. The zero-order chi connectivity index (χ0) is 10.8. The lowest BCUT2D eigenvalue weighted by molar-refractivity contribution is -0.132. The molecule has 0 aliphatic carbocycles. The first-order valence-electron chi connectivity index (χ1n) is 4.71. The van der Waals surface area contributed by atoms with Gasteiger partial charge in [-0.1, -0.05) is 6.08 Å². The summed E-state index contributed by atoms with van der Waals surface area (Å²) < 4.78 is 9.91. The van der Waals surface area contributed by atoms with E-state index in [1.54, 1.807) is 13.2 Å². The highest BCUT2D eigenvalue weighted by molar-refractivity contribution is 5.86. The van der Waals surface area contributed by atoms with Crippen LogP contribution < -0.4 is 0 Å². The lowest BCUT2D eigenvalue weighted by atomic mass is 10.1. The van der Waals surface area contributed by atoms with Crippen molar-refractivity contribution in [3.05, 3.63) is 11.6 Å². The molecule has 0 amide bonds. The maximum atomic E-state index is 10.7. The van der Waals surface area contributed by atoms with Crippen LogP contribution in [0, 0.1) is 0 Å². The summed E-state index contributed by atoms with van der Waals surface area (Å²) in [7, 11) is 1.56. The SMILES string of the molecule is CCOCCC=C(CCOC)C(=O)O. The van der Waals surface area contributed by atoms with E-state index >= 15 is 0 Å². The smallest absolute Gasteiger partial charge is 0.331 e. The Morgan fingerprint density at radius 3 is 2.64 bits per heavy atom. The lowest BCUT2D eigenvalue weighted by Crippen LogP contribution is -2.04. The van der Waals surface area contributed by atoms with E-state index in [4.69, 9.17) is 14.6 Å². The molecule has 0 spiro atoms. The Hall–Kier alpha value is -0.870. The summed E-state index contributed by atoms with van der Waals surface area (Å²) >= 11 is 0. The first-order chi connectivity index (χ1) is 6.72. The van der Waals surface area contributed by atoms with Gasteiger partial charge in [0.25, 0.3) is 0 Å². The predicted octanol–water partition coefficient (Wildman–Crippen LogP) is 1.46. The van der Waals surface area contributed by atoms with Crippen molar-refractivity contribution in [3.63, 3.8) is 0 Å². The third-order valence-electron chi connectivity index (χ3n) is 1.71. The number of carboxylic acid groups (broad SMARTS) is 1. The average Bonchev–Trinajstić information content (AvgIpc) is 2.16. The number of hydrogen-bond donors (Lipinski definition) is 1. The van der Waals surface area contributed by atoms with Crippen molar-refractivity contribution >= 4 is 5.97 Å². The topological polar surface area (TPSA) is 55.8 Å². The number of ether oxygens (including phenoxy) is 2. The molecule has 0 radical (unpaired) electrons. The number of aliphatic carboxylic acids is 1. The van der Waals surface area contributed by atoms with E-state index in [0.29, 0.717) is 38.2 Å². The van der Waals surface area contributed by atoms with Crippen LogP contribution in [0.15, 0.2) is 11.6 Å². The van der Waals surface area contributed by atoms with Crippen molar-refractivity contribution in [1.29, 1.82) is 0 Å². The van der Waals surface area contributed by atoms with Crippen molar-refractivity contribution in [2.45, 2.75) is 19.8 Å². The van der Waals surface area contributed by atoms with E-state index in [-0.39, 0.29) is 0 Å². The molecule has 0 fully saturated rings. The Balaban J connectivity index is 3.86. The molecule has 0 aliphatic heterocycles. The minimum absolute atomic E-state index is 0.395. The third kappa shape index (κ3) is 6.62. The summed E-state index contributed by atoms with van der Waals surface area (Å²) in [4.78, 5) is 10.7. The third-order valence-corrected chi connectivity index (χ3v) is 1.71. The van der Waals surface area contributed by atoms with Gasteiger partial charge in [-0.05, 0) is 13.3 Å². The van der Waals surface area contributed by atoms with Crippen LogP contribution in [-0.2, 0) is 14.3 Å². The van der Waals surface area contributed by atoms with E-state index in [2.05, 4.69) is 0 Å². The minimum atomic E-state index is -0.876. The Kier molecular flexibility index (Phi) is 8.17. The van der Waals surface area contributed by atoms with Gasteiger partial charge < -0.3 is 14.6 Å². The lowest BCUT2D eigenvalue weighted by Gasteiger charge is -2.02. The van der Waals surface area contributed by atoms with Gasteiger partial charge in [0.15, 0.2) is 0 Å². The standard InChI is InChI=1S/C10H18O4/c1-3-14-7-4-5-9(10(11)12)6-8-13-2/h5H,3-4,6-8H2,1-2H3,(H,11,12). The zero-order valence-electron chi connectivity index (χ0n) is 8.78. The molecule has 0 atom stereocenters. The summed E-state index contributed by atoms with van der Waals surface area (Å²) in [5.74, 6) is -0.876. The van der Waals surface area contributed by atoms with Crippen LogP contribution in [0.4, 0.5) is 0 Å². The molecule has 0 saturated carbocycles. The van der Waals surface area contributed by atoms with Gasteiger partial charge in [0, 0.05) is 25.7 Å². The molecule has 0 aliphatic rings. The van der Waals surface area contributed by atoms with E-state index < -0.39 is 5.97 Å². The largest absolute Gasteiger partial charge is 0.478 e. The molecule has 0 unspecified atom stereocenters. The van der Waals surface area contributed by atoms with Crippen LogP contribution in [0.2, 0.25) is 0 Å². The second-order valence-corrected chi connectivity index (χ2v) is 2.76.